The van der Waals surface area contributed by atoms with Crippen molar-refractivity contribution in [1.82, 2.24) is 5.32 Å². The van der Waals surface area contributed by atoms with E-state index < -0.39 is 11.7 Å². The lowest BCUT2D eigenvalue weighted by molar-refractivity contribution is -0.137. The van der Waals surface area contributed by atoms with Gasteiger partial charge in [0.15, 0.2) is 0 Å². The Hall–Kier alpha value is -2.50. The highest BCUT2D eigenvalue weighted by Crippen LogP contribution is 2.44. The number of rotatable bonds is 8. The van der Waals surface area contributed by atoms with Crippen LogP contribution in [0.5, 0.6) is 5.75 Å². The molecule has 0 unspecified atom stereocenters. The van der Waals surface area contributed by atoms with Gasteiger partial charge >= 0.3 is 6.18 Å². The standard InChI is InChI=1S/C25H23ClF3NO/c26-12-13-30-23-15-21(23)19-8-11-24(31-16-17-4-2-1-3-5-17)22(14-19)18-6-9-20(10-7-18)25(27,28)29/h1-11,14,21,23,30H,12-13,15-16H2/t21-,23+/m0/s1. The predicted octanol–water partition coefficient (Wildman–Crippen LogP) is 6.64. The second-order valence-corrected chi connectivity index (χ2v) is 8.07. The van der Waals surface area contributed by atoms with Crippen LogP contribution in [-0.4, -0.2) is 18.5 Å². The average molecular weight is 446 g/mol. The molecule has 0 spiro atoms. The minimum absolute atomic E-state index is 0.375. The fourth-order valence-corrected chi connectivity index (χ4v) is 3.84. The van der Waals surface area contributed by atoms with E-state index in [1.54, 1.807) is 0 Å². The number of nitrogens with one attached hydrogen (secondary N) is 1. The average Bonchev–Trinajstić information content (AvgIpc) is 3.56. The number of hydrogen-bond donors (Lipinski definition) is 1. The molecule has 0 amide bonds. The van der Waals surface area contributed by atoms with Gasteiger partial charge in [-0.2, -0.15) is 13.2 Å². The molecular formula is C25H23ClF3NO. The summed E-state index contributed by atoms with van der Waals surface area (Å²) in [5.41, 5.74) is 3.01. The van der Waals surface area contributed by atoms with E-state index in [0.29, 0.717) is 35.8 Å². The van der Waals surface area contributed by atoms with Crippen LogP contribution in [0.15, 0.2) is 72.8 Å². The molecule has 1 N–H and O–H groups in total. The van der Waals surface area contributed by atoms with Crippen molar-refractivity contribution in [2.45, 2.75) is 31.2 Å². The molecule has 0 radical (unpaired) electrons. The maximum Gasteiger partial charge on any atom is 0.416 e. The van der Waals surface area contributed by atoms with Gasteiger partial charge in [0.1, 0.15) is 12.4 Å². The van der Waals surface area contributed by atoms with Crippen LogP contribution in [0.3, 0.4) is 0 Å². The molecule has 4 rings (SSSR count). The van der Waals surface area contributed by atoms with Crippen LogP contribution in [0, 0.1) is 0 Å². The first-order valence-electron chi connectivity index (χ1n) is 10.2. The van der Waals surface area contributed by atoms with Gasteiger partial charge in [0.25, 0.3) is 0 Å². The zero-order chi connectivity index (χ0) is 21.8. The molecule has 3 aromatic rings. The number of halogens is 4. The first-order chi connectivity index (χ1) is 15.0. The van der Waals surface area contributed by atoms with Gasteiger partial charge in [-0.1, -0.05) is 48.5 Å². The molecule has 0 heterocycles. The molecule has 1 aliphatic rings. The molecule has 1 aliphatic carbocycles. The summed E-state index contributed by atoms with van der Waals surface area (Å²) >= 11 is 5.76. The molecule has 0 aliphatic heterocycles. The van der Waals surface area contributed by atoms with E-state index in [9.17, 15) is 13.2 Å². The van der Waals surface area contributed by atoms with Gasteiger partial charge in [-0.25, -0.2) is 0 Å². The predicted molar refractivity (Wildman–Crippen MR) is 118 cm³/mol. The van der Waals surface area contributed by atoms with Crippen molar-refractivity contribution in [2.24, 2.45) is 0 Å². The van der Waals surface area contributed by atoms with Crippen LogP contribution in [0.1, 0.15) is 29.0 Å². The Morgan fingerprint density at radius 3 is 2.39 bits per heavy atom. The lowest BCUT2D eigenvalue weighted by Gasteiger charge is -2.15. The fourth-order valence-electron chi connectivity index (χ4n) is 3.73. The maximum absolute atomic E-state index is 13.0. The molecule has 2 atom stereocenters. The molecule has 0 bridgehead atoms. The molecule has 0 aromatic heterocycles. The SMILES string of the molecule is FC(F)(F)c1ccc(-c2cc([C@@H]3C[C@H]3NCCCl)ccc2OCc2ccccc2)cc1. The molecule has 0 saturated heterocycles. The van der Waals surface area contributed by atoms with Crippen LogP contribution in [0.25, 0.3) is 11.1 Å². The Balaban J connectivity index is 1.61. The smallest absolute Gasteiger partial charge is 0.416 e. The molecule has 3 aromatic carbocycles. The normalized spacial score (nSPS) is 18.1. The van der Waals surface area contributed by atoms with Gasteiger partial charge in [0, 0.05) is 29.9 Å². The van der Waals surface area contributed by atoms with Crippen LogP contribution in [-0.2, 0) is 12.8 Å². The zero-order valence-electron chi connectivity index (χ0n) is 16.8. The summed E-state index contributed by atoms with van der Waals surface area (Å²) in [6, 6.07) is 21.4. The van der Waals surface area contributed by atoms with E-state index >= 15 is 0 Å². The summed E-state index contributed by atoms with van der Waals surface area (Å²) in [6.07, 6.45) is -3.34. The van der Waals surface area contributed by atoms with Gasteiger partial charge in [-0.05, 0) is 47.4 Å². The summed E-state index contributed by atoms with van der Waals surface area (Å²) in [5, 5.41) is 3.41. The Bertz CT molecular complexity index is 1010. The Kier molecular flexibility index (Phi) is 6.54. The second kappa shape index (κ2) is 9.33. The van der Waals surface area contributed by atoms with E-state index in [1.165, 1.54) is 12.1 Å². The zero-order valence-corrected chi connectivity index (χ0v) is 17.6. The van der Waals surface area contributed by atoms with E-state index in [4.69, 9.17) is 16.3 Å². The largest absolute Gasteiger partial charge is 0.488 e. The molecule has 2 nitrogen and oxygen atoms in total. The minimum atomic E-state index is -4.36. The highest BCUT2D eigenvalue weighted by Gasteiger charge is 2.38. The van der Waals surface area contributed by atoms with Gasteiger partial charge in [-0.3, -0.25) is 0 Å². The molecule has 1 fully saturated rings. The van der Waals surface area contributed by atoms with Crippen LogP contribution in [0.4, 0.5) is 13.2 Å². The summed E-state index contributed by atoms with van der Waals surface area (Å²) in [5.74, 6) is 1.59. The summed E-state index contributed by atoms with van der Waals surface area (Å²) < 4.78 is 45.0. The van der Waals surface area contributed by atoms with Gasteiger partial charge in [0.05, 0.1) is 5.56 Å². The van der Waals surface area contributed by atoms with Crippen molar-refractivity contribution in [2.75, 3.05) is 12.4 Å². The van der Waals surface area contributed by atoms with Crippen molar-refractivity contribution in [1.29, 1.82) is 0 Å². The summed E-state index contributed by atoms with van der Waals surface area (Å²) in [4.78, 5) is 0. The molecule has 1 saturated carbocycles. The van der Waals surface area contributed by atoms with Crippen molar-refractivity contribution in [3.05, 3.63) is 89.5 Å². The Morgan fingerprint density at radius 2 is 1.71 bits per heavy atom. The van der Waals surface area contributed by atoms with Gasteiger partial charge in [-0.15, -0.1) is 11.6 Å². The molecule has 162 valence electrons. The van der Waals surface area contributed by atoms with Crippen LogP contribution < -0.4 is 10.1 Å². The minimum Gasteiger partial charge on any atom is -0.488 e. The monoisotopic (exact) mass is 445 g/mol. The third-order valence-electron chi connectivity index (χ3n) is 5.48. The molecular weight excluding hydrogens is 423 g/mol. The van der Waals surface area contributed by atoms with Crippen LogP contribution in [0.2, 0.25) is 0 Å². The number of hydrogen-bond acceptors (Lipinski definition) is 2. The first-order valence-corrected chi connectivity index (χ1v) is 10.8. The van der Waals surface area contributed by atoms with Crippen molar-refractivity contribution in [3.63, 3.8) is 0 Å². The van der Waals surface area contributed by atoms with E-state index in [2.05, 4.69) is 5.32 Å². The van der Waals surface area contributed by atoms with E-state index in [0.717, 1.165) is 41.8 Å². The van der Waals surface area contributed by atoms with Gasteiger partial charge in [0.2, 0.25) is 0 Å². The number of alkyl halides is 4. The van der Waals surface area contributed by atoms with Crippen molar-refractivity contribution < 1.29 is 17.9 Å². The number of ether oxygens (including phenoxy) is 1. The molecule has 6 heteroatoms. The van der Waals surface area contributed by atoms with Gasteiger partial charge < -0.3 is 10.1 Å². The van der Waals surface area contributed by atoms with Crippen molar-refractivity contribution in [3.8, 4) is 16.9 Å². The van der Waals surface area contributed by atoms with Crippen LogP contribution >= 0.6 is 11.6 Å². The molecule has 31 heavy (non-hydrogen) atoms. The third kappa shape index (κ3) is 5.41. The highest BCUT2D eigenvalue weighted by atomic mass is 35.5. The fraction of sp³-hybridized carbons (Fsp3) is 0.280. The summed E-state index contributed by atoms with van der Waals surface area (Å²) in [7, 11) is 0. The topological polar surface area (TPSA) is 21.3 Å². The maximum atomic E-state index is 13.0. The quantitative estimate of drug-likeness (QED) is 0.392. The lowest BCUT2D eigenvalue weighted by Crippen LogP contribution is -2.20. The first kappa shape index (κ1) is 21.7. The van der Waals surface area contributed by atoms with Crippen molar-refractivity contribution >= 4 is 11.6 Å². The Morgan fingerprint density at radius 1 is 0.968 bits per heavy atom. The highest BCUT2D eigenvalue weighted by molar-refractivity contribution is 6.18. The summed E-state index contributed by atoms with van der Waals surface area (Å²) in [6.45, 7) is 1.14. The van der Waals surface area contributed by atoms with E-state index in [-0.39, 0.29) is 0 Å². The second-order valence-electron chi connectivity index (χ2n) is 7.70. The van der Waals surface area contributed by atoms with E-state index in [1.807, 2.05) is 48.5 Å². The lowest BCUT2D eigenvalue weighted by atomic mass is 9.98. The number of benzene rings is 3. The third-order valence-corrected chi connectivity index (χ3v) is 5.67. The Labute approximate surface area is 185 Å².